The van der Waals surface area contributed by atoms with Crippen LogP contribution in [0, 0.1) is 0 Å². The fourth-order valence-electron chi connectivity index (χ4n) is 2.59. The molecule has 25 heavy (non-hydrogen) atoms. The quantitative estimate of drug-likeness (QED) is 0.802. The maximum Gasteiger partial charge on any atom is 0.231 e. The molecule has 1 aromatic carbocycles. The first kappa shape index (κ1) is 17.8. The van der Waals surface area contributed by atoms with Gasteiger partial charge in [-0.1, -0.05) is 29.3 Å². The summed E-state index contributed by atoms with van der Waals surface area (Å²) in [7, 11) is 0. The van der Waals surface area contributed by atoms with E-state index in [-0.39, 0.29) is 32.3 Å². The summed E-state index contributed by atoms with van der Waals surface area (Å²) in [5, 5.41) is 12.6. The summed E-state index contributed by atoms with van der Waals surface area (Å²) in [6.45, 7) is 0.383. The van der Waals surface area contributed by atoms with Gasteiger partial charge in [-0.05, 0) is 18.2 Å². The lowest BCUT2D eigenvalue weighted by atomic mass is 10.0. The number of hydrogen-bond acceptors (Lipinski definition) is 5. The van der Waals surface area contributed by atoms with Gasteiger partial charge in [-0.2, -0.15) is 0 Å². The van der Waals surface area contributed by atoms with Crippen LogP contribution < -0.4 is 14.8 Å². The number of aliphatic hydroxyl groups excluding tert-OH is 1. The van der Waals surface area contributed by atoms with E-state index in [1.54, 1.807) is 24.4 Å². The van der Waals surface area contributed by atoms with E-state index in [0.29, 0.717) is 27.2 Å². The molecule has 3 rings (SSSR count). The minimum atomic E-state index is -0.420. The number of rotatable bonds is 6. The topological polar surface area (TPSA) is 80.7 Å². The minimum absolute atomic E-state index is 0.104. The number of carbonyl (C=O) groups excluding carboxylic acids is 1. The molecule has 1 aromatic heterocycles. The predicted molar refractivity (Wildman–Crippen MR) is 93.4 cm³/mol. The van der Waals surface area contributed by atoms with Crippen LogP contribution in [0.1, 0.15) is 17.0 Å². The van der Waals surface area contributed by atoms with Crippen LogP contribution in [0.3, 0.4) is 0 Å². The molecular formula is C17H16Cl2N2O4. The molecule has 2 N–H and O–H groups in total. The molecule has 0 spiro atoms. The highest BCUT2D eigenvalue weighted by Gasteiger charge is 2.31. The number of aliphatic hydroxyl groups is 1. The molecule has 1 aliphatic rings. The highest BCUT2D eigenvalue weighted by Crippen LogP contribution is 2.33. The number of aromatic nitrogens is 1. The van der Waals surface area contributed by atoms with Gasteiger partial charge >= 0.3 is 0 Å². The van der Waals surface area contributed by atoms with E-state index in [2.05, 4.69) is 10.3 Å². The zero-order chi connectivity index (χ0) is 17.8. The summed E-state index contributed by atoms with van der Waals surface area (Å²) < 4.78 is 10.9. The molecule has 0 saturated carbocycles. The molecule has 132 valence electrons. The van der Waals surface area contributed by atoms with Crippen LogP contribution in [0.4, 0.5) is 0 Å². The van der Waals surface area contributed by atoms with Crippen molar-refractivity contribution in [3.8, 4) is 11.6 Å². The lowest BCUT2D eigenvalue weighted by Crippen LogP contribution is -2.30. The van der Waals surface area contributed by atoms with Crippen LogP contribution in [0.15, 0.2) is 30.5 Å². The summed E-state index contributed by atoms with van der Waals surface area (Å²) >= 11 is 12.2. The van der Waals surface area contributed by atoms with E-state index in [1.165, 1.54) is 0 Å². The molecule has 1 amide bonds. The first-order valence-corrected chi connectivity index (χ1v) is 8.42. The van der Waals surface area contributed by atoms with Crippen LogP contribution in [-0.2, 0) is 11.3 Å². The van der Waals surface area contributed by atoms with Crippen LogP contribution >= 0.6 is 23.2 Å². The van der Waals surface area contributed by atoms with Crippen LogP contribution in [0.5, 0.6) is 11.6 Å². The van der Waals surface area contributed by atoms with E-state index >= 15 is 0 Å². The first-order chi connectivity index (χ1) is 12.1. The van der Waals surface area contributed by atoms with Crippen molar-refractivity contribution in [1.82, 2.24) is 10.3 Å². The Kier molecular flexibility index (Phi) is 5.63. The Hall–Kier alpha value is -2.02. The Morgan fingerprint density at radius 3 is 3.08 bits per heavy atom. The lowest BCUT2D eigenvalue weighted by Gasteiger charge is -2.15. The SMILES string of the molecule is O=C(NCc1c(Cl)cc(Cl)cc1OCCO)C1COc2ncccc21. The molecule has 2 aromatic rings. The van der Waals surface area contributed by atoms with Gasteiger partial charge in [-0.3, -0.25) is 4.79 Å². The summed E-state index contributed by atoms with van der Waals surface area (Å²) in [6.07, 6.45) is 1.62. The van der Waals surface area contributed by atoms with Crippen molar-refractivity contribution in [3.63, 3.8) is 0 Å². The summed E-state index contributed by atoms with van der Waals surface area (Å²) in [5.41, 5.74) is 1.36. The largest absolute Gasteiger partial charge is 0.491 e. The van der Waals surface area contributed by atoms with E-state index in [4.69, 9.17) is 37.8 Å². The third kappa shape index (κ3) is 3.98. The standard InChI is InChI=1S/C17H16Cl2N2O4/c18-10-6-14(19)12(15(7-10)24-5-4-22)8-21-16(23)13-9-25-17-11(13)2-1-3-20-17/h1-3,6-7,13,22H,4-5,8-9H2,(H,21,23). The Morgan fingerprint density at radius 1 is 1.44 bits per heavy atom. The number of benzene rings is 1. The molecule has 0 bridgehead atoms. The summed E-state index contributed by atoms with van der Waals surface area (Å²) in [4.78, 5) is 16.6. The Morgan fingerprint density at radius 2 is 2.28 bits per heavy atom. The van der Waals surface area contributed by atoms with Crippen molar-refractivity contribution in [2.45, 2.75) is 12.5 Å². The fourth-order valence-corrected chi connectivity index (χ4v) is 3.13. The monoisotopic (exact) mass is 382 g/mol. The second-order valence-corrected chi connectivity index (χ2v) is 6.26. The molecule has 1 aliphatic heterocycles. The lowest BCUT2D eigenvalue weighted by molar-refractivity contribution is -0.122. The molecule has 1 atom stereocenters. The van der Waals surface area contributed by atoms with Gasteiger partial charge < -0.3 is 19.9 Å². The number of ether oxygens (including phenoxy) is 2. The first-order valence-electron chi connectivity index (χ1n) is 7.67. The average molecular weight is 383 g/mol. The molecule has 0 saturated heterocycles. The Balaban J connectivity index is 1.72. The highest BCUT2D eigenvalue weighted by molar-refractivity contribution is 6.35. The number of nitrogens with one attached hydrogen (secondary N) is 1. The van der Waals surface area contributed by atoms with Crippen LogP contribution in [0.25, 0.3) is 0 Å². The molecule has 2 heterocycles. The second kappa shape index (κ2) is 7.91. The summed E-state index contributed by atoms with van der Waals surface area (Å²) in [5.74, 6) is 0.304. The Bertz CT molecular complexity index is 785. The van der Waals surface area contributed by atoms with Gasteiger partial charge in [0, 0.05) is 28.9 Å². The maximum absolute atomic E-state index is 12.5. The molecule has 0 aliphatic carbocycles. The van der Waals surface area contributed by atoms with Gasteiger partial charge in [-0.25, -0.2) is 4.98 Å². The van der Waals surface area contributed by atoms with Gasteiger partial charge in [0.1, 0.15) is 24.9 Å². The van der Waals surface area contributed by atoms with Crippen molar-refractivity contribution in [2.24, 2.45) is 0 Å². The van der Waals surface area contributed by atoms with Gasteiger partial charge in [0.25, 0.3) is 0 Å². The molecule has 8 heteroatoms. The van der Waals surface area contributed by atoms with Gasteiger partial charge in [0.05, 0.1) is 11.6 Å². The van der Waals surface area contributed by atoms with Gasteiger partial charge in [0.15, 0.2) is 0 Å². The van der Waals surface area contributed by atoms with Crippen molar-refractivity contribution in [1.29, 1.82) is 0 Å². The van der Waals surface area contributed by atoms with Crippen molar-refractivity contribution >= 4 is 29.1 Å². The zero-order valence-electron chi connectivity index (χ0n) is 13.2. The van der Waals surface area contributed by atoms with Crippen LogP contribution in [-0.4, -0.2) is 35.8 Å². The number of amides is 1. The van der Waals surface area contributed by atoms with Crippen molar-refractivity contribution < 1.29 is 19.4 Å². The minimum Gasteiger partial charge on any atom is -0.491 e. The van der Waals surface area contributed by atoms with Crippen LogP contribution in [0.2, 0.25) is 10.0 Å². The number of pyridine rings is 1. The summed E-state index contributed by atoms with van der Waals surface area (Å²) in [6, 6.07) is 6.77. The third-order valence-electron chi connectivity index (χ3n) is 3.79. The number of nitrogens with zero attached hydrogens (tertiary/aromatic N) is 1. The van der Waals surface area contributed by atoms with E-state index < -0.39 is 5.92 Å². The predicted octanol–water partition coefficient (Wildman–Crippen LogP) is 2.55. The molecular weight excluding hydrogens is 367 g/mol. The van der Waals surface area contributed by atoms with E-state index in [1.807, 2.05) is 6.07 Å². The molecule has 6 nitrogen and oxygen atoms in total. The molecule has 0 radical (unpaired) electrons. The zero-order valence-corrected chi connectivity index (χ0v) is 14.7. The number of hydrogen-bond donors (Lipinski definition) is 2. The second-order valence-electron chi connectivity index (χ2n) is 5.42. The molecule has 1 unspecified atom stereocenters. The van der Waals surface area contributed by atoms with E-state index in [9.17, 15) is 4.79 Å². The van der Waals surface area contributed by atoms with Crippen molar-refractivity contribution in [3.05, 3.63) is 51.6 Å². The Labute approximate surface area is 154 Å². The number of carbonyl (C=O) groups is 1. The van der Waals surface area contributed by atoms with E-state index in [0.717, 1.165) is 5.56 Å². The highest BCUT2D eigenvalue weighted by atomic mass is 35.5. The smallest absolute Gasteiger partial charge is 0.231 e. The van der Waals surface area contributed by atoms with Gasteiger partial charge in [0.2, 0.25) is 11.8 Å². The third-order valence-corrected chi connectivity index (χ3v) is 4.34. The van der Waals surface area contributed by atoms with Gasteiger partial charge in [-0.15, -0.1) is 0 Å². The average Bonchev–Trinajstić information content (AvgIpc) is 3.02. The molecule has 0 fully saturated rings. The fraction of sp³-hybridized carbons (Fsp3) is 0.294. The maximum atomic E-state index is 12.5. The number of halogens is 2. The normalized spacial score (nSPS) is 15.4. The van der Waals surface area contributed by atoms with Crippen molar-refractivity contribution in [2.75, 3.05) is 19.8 Å². The number of fused-ring (bicyclic) bond motifs is 1.